The molecule has 166 valence electrons. The van der Waals surface area contributed by atoms with Gasteiger partial charge in [-0.15, -0.1) is 0 Å². The van der Waals surface area contributed by atoms with Gasteiger partial charge in [0, 0.05) is 11.1 Å². The summed E-state index contributed by atoms with van der Waals surface area (Å²) < 4.78 is 37.6. The van der Waals surface area contributed by atoms with Crippen LogP contribution in [0, 0.1) is 10.1 Å². The minimum absolute atomic E-state index is 0.0388. The normalized spacial score (nSPS) is 10.9. The van der Waals surface area contributed by atoms with Crippen molar-refractivity contribution in [1.29, 1.82) is 0 Å². The molecular formula is C21H17ClN2O7S. The summed E-state index contributed by atoms with van der Waals surface area (Å²) in [6.45, 7) is -0.760. The monoisotopic (exact) mass is 476 g/mol. The third-order valence-electron chi connectivity index (χ3n) is 4.30. The summed E-state index contributed by atoms with van der Waals surface area (Å²) in [6, 6.07) is 16.6. The summed E-state index contributed by atoms with van der Waals surface area (Å²) >= 11 is 5.85. The first-order chi connectivity index (χ1) is 15.2. The second-order valence-corrected chi connectivity index (χ2v) is 8.55. The molecule has 3 rings (SSSR count). The molecule has 0 radical (unpaired) electrons. The number of nitro benzene ring substituents is 1. The van der Waals surface area contributed by atoms with Gasteiger partial charge in [-0.05, 0) is 54.6 Å². The molecule has 0 aliphatic carbocycles. The maximum absolute atomic E-state index is 13.3. The lowest BCUT2D eigenvalue weighted by molar-refractivity contribution is -0.385. The zero-order valence-corrected chi connectivity index (χ0v) is 18.2. The van der Waals surface area contributed by atoms with Gasteiger partial charge in [-0.2, -0.15) is 4.31 Å². The number of benzene rings is 3. The number of sulfonamides is 1. The number of nitro groups is 1. The van der Waals surface area contributed by atoms with E-state index in [9.17, 15) is 23.3 Å². The van der Waals surface area contributed by atoms with E-state index in [2.05, 4.69) is 0 Å². The first-order valence-corrected chi connectivity index (χ1v) is 10.9. The lowest BCUT2D eigenvalue weighted by Gasteiger charge is -2.23. The SMILES string of the molecule is COc1ccc(N(C(=O)COc2ccccc2[N+](=O)[O-])S(=O)(=O)c2ccc(Cl)cc2)cc1. The van der Waals surface area contributed by atoms with Crippen molar-refractivity contribution in [1.82, 2.24) is 0 Å². The van der Waals surface area contributed by atoms with Crippen LogP contribution in [0.5, 0.6) is 11.5 Å². The van der Waals surface area contributed by atoms with Gasteiger partial charge < -0.3 is 9.47 Å². The predicted octanol–water partition coefficient (Wildman–Crippen LogP) is 4.06. The zero-order chi connectivity index (χ0) is 23.3. The minimum Gasteiger partial charge on any atom is -0.497 e. The van der Waals surface area contributed by atoms with Gasteiger partial charge in [0.05, 0.1) is 22.6 Å². The number of carbonyl (C=O) groups is 1. The molecule has 0 spiro atoms. The summed E-state index contributed by atoms with van der Waals surface area (Å²) in [4.78, 5) is 23.4. The fourth-order valence-corrected chi connectivity index (χ4v) is 4.31. The zero-order valence-electron chi connectivity index (χ0n) is 16.7. The van der Waals surface area contributed by atoms with E-state index in [-0.39, 0.29) is 22.0 Å². The molecule has 0 fully saturated rings. The quantitative estimate of drug-likeness (QED) is 0.355. The summed E-state index contributed by atoms with van der Waals surface area (Å²) in [6.07, 6.45) is 0. The fourth-order valence-electron chi connectivity index (χ4n) is 2.77. The van der Waals surface area contributed by atoms with Crippen LogP contribution in [0.4, 0.5) is 11.4 Å². The summed E-state index contributed by atoms with van der Waals surface area (Å²) in [7, 11) is -2.90. The molecule has 32 heavy (non-hydrogen) atoms. The molecule has 0 aromatic heterocycles. The molecule has 9 nitrogen and oxygen atoms in total. The minimum atomic E-state index is -4.35. The summed E-state index contributed by atoms with van der Waals surface area (Å²) in [5.41, 5.74) is -0.311. The lowest BCUT2D eigenvalue weighted by atomic mass is 10.3. The van der Waals surface area contributed by atoms with Gasteiger partial charge in [0.25, 0.3) is 15.9 Å². The Morgan fingerprint density at radius 1 is 1.03 bits per heavy atom. The van der Waals surface area contributed by atoms with Gasteiger partial charge in [-0.25, -0.2) is 8.42 Å². The molecule has 0 heterocycles. The van der Waals surface area contributed by atoms with Crippen molar-refractivity contribution in [3.8, 4) is 11.5 Å². The molecule has 1 amide bonds. The van der Waals surface area contributed by atoms with E-state index < -0.39 is 27.5 Å². The van der Waals surface area contributed by atoms with Crippen LogP contribution in [0.1, 0.15) is 0 Å². The molecule has 0 bridgehead atoms. The van der Waals surface area contributed by atoms with Gasteiger partial charge >= 0.3 is 5.69 Å². The summed E-state index contributed by atoms with van der Waals surface area (Å²) in [5.74, 6) is -0.658. The smallest absolute Gasteiger partial charge is 0.310 e. The van der Waals surface area contributed by atoms with E-state index in [1.807, 2.05) is 0 Å². The number of nitrogens with zero attached hydrogens (tertiary/aromatic N) is 2. The highest BCUT2D eigenvalue weighted by Crippen LogP contribution is 2.29. The van der Waals surface area contributed by atoms with Crippen LogP contribution >= 0.6 is 11.6 Å². The average Bonchev–Trinajstić information content (AvgIpc) is 2.78. The third-order valence-corrected chi connectivity index (χ3v) is 6.31. The van der Waals surface area contributed by atoms with Gasteiger partial charge in [-0.1, -0.05) is 23.7 Å². The highest BCUT2D eigenvalue weighted by molar-refractivity contribution is 7.93. The van der Waals surface area contributed by atoms with E-state index in [0.717, 1.165) is 0 Å². The first kappa shape index (κ1) is 23.0. The second-order valence-electron chi connectivity index (χ2n) is 6.33. The predicted molar refractivity (Wildman–Crippen MR) is 118 cm³/mol. The number of methoxy groups -OCH3 is 1. The molecule has 0 aliphatic heterocycles. The van der Waals surface area contributed by atoms with E-state index in [4.69, 9.17) is 21.1 Å². The molecular weight excluding hydrogens is 460 g/mol. The molecule has 0 unspecified atom stereocenters. The molecule has 0 saturated carbocycles. The molecule has 0 atom stereocenters. The van der Waals surface area contributed by atoms with Gasteiger partial charge in [0.2, 0.25) is 0 Å². The number of halogens is 1. The Balaban J connectivity index is 1.97. The van der Waals surface area contributed by atoms with E-state index in [0.29, 0.717) is 15.1 Å². The fraction of sp³-hybridized carbons (Fsp3) is 0.0952. The van der Waals surface area contributed by atoms with E-state index in [1.54, 1.807) is 0 Å². The van der Waals surface area contributed by atoms with Crippen molar-refractivity contribution in [2.24, 2.45) is 0 Å². The largest absolute Gasteiger partial charge is 0.497 e. The number of amides is 1. The molecule has 0 aliphatic rings. The van der Waals surface area contributed by atoms with Crippen LogP contribution in [0.15, 0.2) is 77.7 Å². The third kappa shape index (κ3) is 4.98. The van der Waals surface area contributed by atoms with Crippen molar-refractivity contribution in [3.63, 3.8) is 0 Å². The highest BCUT2D eigenvalue weighted by Gasteiger charge is 2.32. The Kier molecular flexibility index (Phi) is 6.96. The van der Waals surface area contributed by atoms with Gasteiger partial charge in [-0.3, -0.25) is 14.9 Å². The Bertz CT molecular complexity index is 1230. The lowest BCUT2D eigenvalue weighted by Crippen LogP contribution is -2.40. The molecule has 11 heteroatoms. The van der Waals surface area contributed by atoms with Crippen LogP contribution in [-0.4, -0.2) is 33.0 Å². The van der Waals surface area contributed by atoms with Crippen molar-refractivity contribution in [3.05, 3.63) is 87.9 Å². The van der Waals surface area contributed by atoms with Crippen molar-refractivity contribution in [2.75, 3.05) is 18.0 Å². The Morgan fingerprint density at radius 3 is 2.25 bits per heavy atom. The van der Waals surface area contributed by atoms with E-state index in [1.165, 1.54) is 79.9 Å². The Labute approximate surface area is 189 Å². The Hall–Kier alpha value is -3.63. The molecule has 3 aromatic rings. The second kappa shape index (κ2) is 9.67. The Morgan fingerprint density at radius 2 is 1.66 bits per heavy atom. The van der Waals surface area contributed by atoms with Crippen LogP contribution in [0.3, 0.4) is 0 Å². The molecule has 0 N–H and O–H groups in total. The van der Waals surface area contributed by atoms with Crippen LogP contribution < -0.4 is 13.8 Å². The maximum Gasteiger partial charge on any atom is 0.310 e. The number of anilines is 1. The topological polar surface area (TPSA) is 116 Å². The number of para-hydroxylation sites is 2. The standard InChI is InChI=1S/C21H17ClN2O7S/c1-30-17-10-8-16(9-11-17)23(32(28,29)18-12-6-15(22)7-13-18)21(25)14-31-20-5-3-2-4-19(20)24(26)27/h2-13H,14H2,1H3. The average molecular weight is 477 g/mol. The van der Waals surface area contributed by atoms with E-state index >= 15 is 0 Å². The van der Waals surface area contributed by atoms with Crippen LogP contribution in [0.2, 0.25) is 5.02 Å². The number of hydrogen-bond acceptors (Lipinski definition) is 7. The van der Waals surface area contributed by atoms with Crippen LogP contribution in [-0.2, 0) is 14.8 Å². The van der Waals surface area contributed by atoms with Gasteiger partial charge in [0.1, 0.15) is 5.75 Å². The number of carbonyl (C=O) groups excluding carboxylic acids is 1. The maximum atomic E-state index is 13.3. The number of hydrogen-bond donors (Lipinski definition) is 0. The molecule has 3 aromatic carbocycles. The highest BCUT2D eigenvalue weighted by atomic mass is 35.5. The van der Waals surface area contributed by atoms with Crippen molar-refractivity contribution >= 4 is 38.9 Å². The summed E-state index contributed by atoms with van der Waals surface area (Å²) in [5, 5.41) is 11.5. The van der Waals surface area contributed by atoms with Crippen LogP contribution in [0.25, 0.3) is 0 Å². The van der Waals surface area contributed by atoms with Crippen molar-refractivity contribution in [2.45, 2.75) is 4.90 Å². The first-order valence-electron chi connectivity index (χ1n) is 9.08. The number of ether oxygens (including phenoxy) is 2. The number of rotatable bonds is 8. The van der Waals surface area contributed by atoms with Crippen molar-refractivity contribution < 1.29 is 27.6 Å². The van der Waals surface area contributed by atoms with Gasteiger partial charge in [0.15, 0.2) is 12.4 Å². The molecule has 0 saturated heterocycles.